The van der Waals surface area contributed by atoms with Gasteiger partial charge in [-0.2, -0.15) is 0 Å². The number of benzene rings is 1. The minimum absolute atomic E-state index is 0.309. The number of Topliss-reactive ketones (excluding diaryl/α,β-unsaturated/α-hetero) is 1. The maximum atomic E-state index is 12.1. The van der Waals surface area contributed by atoms with Crippen LogP contribution in [0.3, 0.4) is 0 Å². The second-order valence-corrected chi connectivity index (χ2v) is 4.98. The van der Waals surface area contributed by atoms with E-state index < -0.39 is 11.7 Å². The molecule has 0 bridgehead atoms. The Morgan fingerprint density at radius 1 is 1.29 bits per heavy atom. The Bertz CT molecular complexity index is 565. The number of ketones is 1. The van der Waals surface area contributed by atoms with Crippen LogP contribution in [0.1, 0.15) is 23.2 Å². The highest BCUT2D eigenvalue weighted by Crippen LogP contribution is 2.32. The molecule has 2 heterocycles. The Kier molecular flexibility index (Phi) is 3.90. The van der Waals surface area contributed by atoms with Gasteiger partial charge in [-0.15, -0.1) is 0 Å². The molecule has 2 aliphatic rings. The third-order valence-electron chi connectivity index (χ3n) is 3.66. The largest absolute Gasteiger partial charge is 0.497 e. The molecule has 1 aromatic carbocycles. The predicted octanol–water partition coefficient (Wildman–Crippen LogP) is 1.38. The molecule has 0 unspecified atom stereocenters. The van der Waals surface area contributed by atoms with Crippen LogP contribution in [0.25, 0.3) is 0 Å². The molecule has 0 aliphatic carbocycles. The zero-order valence-corrected chi connectivity index (χ0v) is 11.8. The van der Waals surface area contributed by atoms with E-state index in [2.05, 4.69) is 0 Å². The Labute approximate surface area is 122 Å². The second-order valence-electron chi connectivity index (χ2n) is 4.98. The van der Waals surface area contributed by atoms with Crippen LogP contribution in [0, 0.1) is 0 Å². The lowest BCUT2D eigenvalue weighted by molar-refractivity contribution is -0.179. The number of amides is 1. The van der Waals surface area contributed by atoms with Gasteiger partial charge in [0.15, 0.2) is 6.29 Å². The van der Waals surface area contributed by atoms with Gasteiger partial charge in [-0.05, 0) is 18.6 Å². The number of nitrogens with zero attached hydrogens (tertiary/aromatic N) is 1. The Morgan fingerprint density at radius 2 is 2.05 bits per heavy atom. The number of carbonyl (C=O) groups excluding carboxylic acids is 2. The average Bonchev–Trinajstić information content (AvgIpc) is 2.77. The van der Waals surface area contributed by atoms with E-state index >= 15 is 0 Å². The zero-order valence-electron chi connectivity index (χ0n) is 11.8. The first-order valence-corrected chi connectivity index (χ1v) is 6.98. The van der Waals surface area contributed by atoms with Crippen molar-refractivity contribution in [1.29, 1.82) is 0 Å². The molecule has 21 heavy (non-hydrogen) atoms. The molecule has 1 aromatic rings. The number of rotatable bonds is 4. The first-order valence-electron chi connectivity index (χ1n) is 6.98. The van der Waals surface area contributed by atoms with Gasteiger partial charge in [-0.3, -0.25) is 9.59 Å². The number of carbonyl (C=O) groups is 2. The summed E-state index contributed by atoms with van der Waals surface area (Å²) in [6.45, 7) is 1.72. The summed E-state index contributed by atoms with van der Waals surface area (Å²) in [7, 11) is 1.55. The standard InChI is InChI=1S/C15H17NO5/c1-19-10-3-4-11-12(9-10)16(15(18)14(11)17)6-5-13-20-7-2-8-21-13/h3-4,9,13H,2,5-8H2,1H3. The fourth-order valence-corrected chi connectivity index (χ4v) is 2.56. The third kappa shape index (κ3) is 2.64. The summed E-state index contributed by atoms with van der Waals surface area (Å²) in [5.74, 6) is -0.362. The minimum Gasteiger partial charge on any atom is -0.497 e. The molecule has 0 N–H and O–H groups in total. The van der Waals surface area contributed by atoms with Gasteiger partial charge in [-0.1, -0.05) is 0 Å². The van der Waals surface area contributed by atoms with E-state index in [1.54, 1.807) is 25.3 Å². The molecule has 0 saturated carbocycles. The number of methoxy groups -OCH3 is 1. The van der Waals surface area contributed by atoms with Crippen LogP contribution in [0.2, 0.25) is 0 Å². The van der Waals surface area contributed by atoms with E-state index in [0.29, 0.717) is 43.2 Å². The summed E-state index contributed by atoms with van der Waals surface area (Å²) < 4.78 is 16.1. The second kappa shape index (κ2) is 5.83. The van der Waals surface area contributed by atoms with Crippen LogP contribution in [0.5, 0.6) is 5.75 Å². The maximum Gasteiger partial charge on any atom is 0.299 e. The van der Waals surface area contributed by atoms with Crippen molar-refractivity contribution in [3.05, 3.63) is 23.8 Å². The van der Waals surface area contributed by atoms with Crippen molar-refractivity contribution in [2.75, 3.05) is 31.8 Å². The molecule has 6 nitrogen and oxygen atoms in total. The highest BCUT2D eigenvalue weighted by atomic mass is 16.7. The van der Waals surface area contributed by atoms with Crippen molar-refractivity contribution in [2.24, 2.45) is 0 Å². The maximum absolute atomic E-state index is 12.1. The van der Waals surface area contributed by atoms with Gasteiger partial charge in [0.1, 0.15) is 5.75 Å². The van der Waals surface area contributed by atoms with E-state index in [1.807, 2.05) is 0 Å². The number of ether oxygens (including phenoxy) is 3. The van der Waals surface area contributed by atoms with E-state index in [4.69, 9.17) is 14.2 Å². The van der Waals surface area contributed by atoms with Gasteiger partial charge < -0.3 is 19.1 Å². The molecule has 1 saturated heterocycles. The molecule has 3 rings (SSSR count). The van der Waals surface area contributed by atoms with Crippen LogP contribution in [-0.4, -0.2) is 44.8 Å². The summed E-state index contributed by atoms with van der Waals surface area (Å²) in [6, 6.07) is 5.02. The SMILES string of the molecule is COc1ccc2c(c1)N(CCC1OCCCO1)C(=O)C2=O. The van der Waals surface area contributed by atoms with Crippen molar-refractivity contribution in [3.8, 4) is 5.75 Å². The van der Waals surface area contributed by atoms with Crippen LogP contribution in [0.15, 0.2) is 18.2 Å². The van der Waals surface area contributed by atoms with E-state index in [0.717, 1.165) is 6.42 Å². The molecular weight excluding hydrogens is 274 g/mol. The highest BCUT2D eigenvalue weighted by Gasteiger charge is 2.36. The third-order valence-corrected chi connectivity index (χ3v) is 3.66. The monoisotopic (exact) mass is 291 g/mol. The number of hydrogen-bond donors (Lipinski definition) is 0. The van der Waals surface area contributed by atoms with Crippen molar-refractivity contribution in [1.82, 2.24) is 0 Å². The predicted molar refractivity (Wildman–Crippen MR) is 74.6 cm³/mol. The topological polar surface area (TPSA) is 65.1 Å². The van der Waals surface area contributed by atoms with Crippen molar-refractivity contribution in [2.45, 2.75) is 19.1 Å². The fourth-order valence-electron chi connectivity index (χ4n) is 2.56. The van der Waals surface area contributed by atoms with Gasteiger partial charge in [-0.25, -0.2) is 0 Å². The first kappa shape index (κ1) is 14.0. The lowest BCUT2D eigenvalue weighted by atomic mass is 10.1. The lowest BCUT2D eigenvalue weighted by Gasteiger charge is -2.25. The average molecular weight is 291 g/mol. The summed E-state index contributed by atoms with van der Waals surface area (Å²) in [6.07, 6.45) is 1.11. The van der Waals surface area contributed by atoms with Crippen LogP contribution >= 0.6 is 0 Å². The van der Waals surface area contributed by atoms with Gasteiger partial charge in [0, 0.05) is 19.0 Å². The Balaban J connectivity index is 1.76. The van der Waals surface area contributed by atoms with Gasteiger partial charge in [0.2, 0.25) is 0 Å². The summed E-state index contributed by atoms with van der Waals surface area (Å²) in [4.78, 5) is 25.5. The molecule has 1 amide bonds. The number of fused-ring (bicyclic) bond motifs is 1. The van der Waals surface area contributed by atoms with E-state index in [-0.39, 0.29) is 6.29 Å². The number of anilines is 1. The highest BCUT2D eigenvalue weighted by molar-refractivity contribution is 6.52. The quantitative estimate of drug-likeness (QED) is 0.784. The van der Waals surface area contributed by atoms with Crippen molar-refractivity contribution >= 4 is 17.4 Å². The Hall–Kier alpha value is -1.92. The summed E-state index contributed by atoms with van der Waals surface area (Å²) in [5.41, 5.74) is 1.02. The van der Waals surface area contributed by atoms with Crippen molar-refractivity contribution < 1.29 is 23.8 Å². The molecule has 0 atom stereocenters. The molecule has 2 aliphatic heterocycles. The van der Waals surface area contributed by atoms with Crippen LogP contribution in [-0.2, 0) is 14.3 Å². The summed E-state index contributed by atoms with van der Waals surface area (Å²) >= 11 is 0. The number of hydrogen-bond acceptors (Lipinski definition) is 5. The molecule has 112 valence electrons. The fraction of sp³-hybridized carbons (Fsp3) is 0.467. The molecule has 6 heteroatoms. The molecule has 1 fully saturated rings. The molecule has 0 spiro atoms. The normalized spacial score (nSPS) is 19.0. The van der Waals surface area contributed by atoms with Crippen LogP contribution in [0.4, 0.5) is 5.69 Å². The molecule has 0 radical (unpaired) electrons. The Morgan fingerprint density at radius 3 is 2.76 bits per heavy atom. The lowest BCUT2D eigenvalue weighted by Crippen LogP contribution is -2.35. The van der Waals surface area contributed by atoms with Crippen molar-refractivity contribution in [3.63, 3.8) is 0 Å². The smallest absolute Gasteiger partial charge is 0.299 e. The molecule has 0 aromatic heterocycles. The minimum atomic E-state index is -0.505. The van der Waals surface area contributed by atoms with Gasteiger partial charge in [0.05, 0.1) is 31.6 Å². The van der Waals surface area contributed by atoms with Gasteiger partial charge in [0.25, 0.3) is 11.7 Å². The molecular formula is C15H17NO5. The first-order chi connectivity index (χ1) is 10.2. The van der Waals surface area contributed by atoms with E-state index in [1.165, 1.54) is 4.90 Å². The van der Waals surface area contributed by atoms with Gasteiger partial charge >= 0.3 is 0 Å². The zero-order chi connectivity index (χ0) is 14.8. The van der Waals surface area contributed by atoms with E-state index in [9.17, 15) is 9.59 Å². The van der Waals surface area contributed by atoms with Crippen LogP contribution < -0.4 is 9.64 Å². The summed E-state index contributed by atoms with van der Waals surface area (Å²) in [5, 5.41) is 0.